The van der Waals surface area contributed by atoms with Gasteiger partial charge in [0.15, 0.2) is 5.58 Å². The van der Waals surface area contributed by atoms with Crippen LogP contribution in [0.1, 0.15) is 49.9 Å². The average molecular weight is 840 g/mol. The van der Waals surface area contributed by atoms with Crippen LogP contribution >= 0.6 is 11.3 Å². The largest absolute Gasteiger partial charge is 0.456 e. The van der Waals surface area contributed by atoms with E-state index in [1.165, 1.54) is 64.7 Å². The Morgan fingerprint density at radius 3 is 1.81 bits per heavy atom. The molecule has 0 bridgehead atoms. The number of anilines is 3. The van der Waals surface area contributed by atoms with Gasteiger partial charge >= 0.3 is 0 Å². The van der Waals surface area contributed by atoms with Crippen molar-refractivity contribution in [3.8, 4) is 33.4 Å². The maximum atomic E-state index is 7.53. The van der Waals surface area contributed by atoms with Crippen LogP contribution in [0, 0.1) is 0 Å². The summed E-state index contributed by atoms with van der Waals surface area (Å²) >= 11 is 1.86. The Hall–Kier alpha value is -7.40. The van der Waals surface area contributed by atoms with E-state index in [0.29, 0.717) is 0 Å². The molecule has 0 saturated heterocycles. The van der Waals surface area contributed by atoms with E-state index < -0.39 is 0 Å². The van der Waals surface area contributed by atoms with Crippen LogP contribution in [0.2, 0.25) is 0 Å². The van der Waals surface area contributed by atoms with E-state index in [0.717, 1.165) is 72.1 Å². The predicted molar refractivity (Wildman–Crippen MR) is 269 cm³/mol. The zero-order valence-corrected chi connectivity index (χ0v) is 36.7. The molecule has 3 nitrogen and oxygen atoms in total. The smallest absolute Gasteiger partial charge is 0.159 e. The molecule has 3 aromatic heterocycles. The van der Waals surface area contributed by atoms with Crippen molar-refractivity contribution in [2.24, 2.45) is 0 Å². The molecule has 0 spiro atoms. The lowest BCUT2D eigenvalue weighted by Gasteiger charge is -2.28. The van der Waals surface area contributed by atoms with Gasteiger partial charge in [-0.2, -0.15) is 0 Å². The fourth-order valence-electron chi connectivity index (χ4n) is 11.6. The summed E-state index contributed by atoms with van der Waals surface area (Å²) in [5.74, 6) is 0. The number of furan rings is 2. The van der Waals surface area contributed by atoms with Gasteiger partial charge in [0.25, 0.3) is 0 Å². The molecule has 2 aliphatic rings. The molecule has 0 aliphatic heterocycles. The zero-order valence-electron chi connectivity index (χ0n) is 35.9. The first-order valence-corrected chi connectivity index (χ1v) is 23.1. The van der Waals surface area contributed by atoms with Gasteiger partial charge < -0.3 is 13.7 Å². The van der Waals surface area contributed by atoms with Gasteiger partial charge in [0.2, 0.25) is 0 Å². The number of thiophene rings is 1. The Morgan fingerprint density at radius 2 is 1.03 bits per heavy atom. The molecule has 0 unspecified atom stereocenters. The molecule has 12 aromatic rings. The second-order valence-electron chi connectivity index (χ2n) is 18.8. The first kappa shape index (κ1) is 36.1. The first-order valence-electron chi connectivity index (χ1n) is 22.2. The molecule has 14 rings (SSSR count). The Morgan fingerprint density at radius 1 is 0.422 bits per heavy atom. The number of nitrogens with zero attached hydrogens (tertiary/aromatic N) is 1. The van der Waals surface area contributed by atoms with E-state index in [2.05, 4.69) is 209 Å². The summed E-state index contributed by atoms with van der Waals surface area (Å²) in [5, 5.41) is 6.77. The third kappa shape index (κ3) is 4.70. The topological polar surface area (TPSA) is 29.5 Å². The Balaban J connectivity index is 1.07. The standard InChI is InChI=1S/C60H41NO2S/c1-59(2)45-21-9-5-15-36(45)38-29-27-34(31-47(38)59)54-55-43-18-7-11-25-51(43)62-52(55)33-44-41-19-13-23-49(56(41)63-57(44)54)61(50-24-14-20-42-40-17-8-12-26-53(40)64-58(42)50)35-28-30-39-37-16-6-10-22-46(37)60(3,4)48(39)32-35/h5-33H,1-4H3. The van der Waals surface area contributed by atoms with Crippen molar-refractivity contribution in [3.05, 3.63) is 198 Å². The maximum absolute atomic E-state index is 7.53. The Kier molecular flexibility index (Phi) is 7.12. The summed E-state index contributed by atoms with van der Waals surface area (Å²) in [4.78, 5) is 2.45. The molecular weight excluding hydrogens is 799 g/mol. The first-order chi connectivity index (χ1) is 31.3. The molecule has 3 heterocycles. The molecule has 64 heavy (non-hydrogen) atoms. The van der Waals surface area contributed by atoms with Gasteiger partial charge in [-0.1, -0.05) is 155 Å². The number of fused-ring (bicyclic) bond motifs is 15. The number of hydrogen-bond donors (Lipinski definition) is 0. The highest BCUT2D eigenvalue weighted by Crippen LogP contribution is 2.55. The highest BCUT2D eigenvalue weighted by atomic mass is 32.1. The lowest BCUT2D eigenvalue weighted by atomic mass is 9.81. The minimum atomic E-state index is -0.167. The summed E-state index contributed by atoms with van der Waals surface area (Å²) in [5.41, 5.74) is 19.1. The minimum absolute atomic E-state index is 0.158. The molecular formula is C60H41NO2S. The molecule has 9 aromatic carbocycles. The molecule has 0 saturated carbocycles. The van der Waals surface area contributed by atoms with Crippen molar-refractivity contribution in [3.63, 3.8) is 0 Å². The lowest BCUT2D eigenvalue weighted by Crippen LogP contribution is -2.16. The van der Waals surface area contributed by atoms with Gasteiger partial charge in [0.1, 0.15) is 16.7 Å². The molecule has 0 atom stereocenters. The second-order valence-corrected chi connectivity index (χ2v) is 19.8. The van der Waals surface area contributed by atoms with E-state index in [9.17, 15) is 0 Å². The van der Waals surface area contributed by atoms with Crippen molar-refractivity contribution in [1.29, 1.82) is 0 Å². The van der Waals surface area contributed by atoms with Gasteiger partial charge in [-0.3, -0.25) is 0 Å². The van der Waals surface area contributed by atoms with Crippen LogP contribution in [-0.2, 0) is 10.8 Å². The van der Waals surface area contributed by atoms with E-state index in [-0.39, 0.29) is 10.8 Å². The van der Waals surface area contributed by atoms with Crippen LogP contribution in [0.3, 0.4) is 0 Å². The van der Waals surface area contributed by atoms with Crippen LogP contribution in [0.25, 0.3) is 97.4 Å². The highest BCUT2D eigenvalue weighted by molar-refractivity contribution is 7.26. The molecule has 0 N–H and O–H groups in total. The normalized spacial score (nSPS) is 14.5. The van der Waals surface area contributed by atoms with Crippen LogP contribution in [0.4, 0.5) is 17.1 Å². The van der Waals surface area contributed by atoms with Crippen molar-refractivity contribution in [1.82, 2.24) is 0 Å². The molecule has 304 valence electrons. The average Bonchev–Trinajstić information content (AvgIpc) is 4.10. The molecule has 2 aliphatic carbocycles. The number of rotatable bonds is 4. The van der Waals surface area contributed by atoms with E-state index in [4.69, 9.17) is 8.83 Å². The van der Waals surface area contributed by atoms with Crippen molar-refractivity contribution in [2.45, 2.75) is 38.5 Å². The maximum Gasteiger partial charge on any atom is 0.159 e. The fourth-order valence-corrected chi connectivity index (χ4v) is 12.8. The van der Waals surface area contributed by atoms with Crippen LogP contribution in [0.15, 0.2) is 185 Å². The summed E-state index contributed by atoms with van der Waals surface area (Å²) in [6.45, 7) is 9.42. The number of benzene rings is 9. The summed E-state index contributed by atoms with van der Waals surface area (Å²) in [6.07, 6.45) is 0. The van der Waals surface area contributed by atoms with Gasteiger partial charge in [0.05, 0.1) is 16.1 Å². The SMILES string of the molecule is CC1(C)c2ccccc2-c2ccc(-c3c4oc5c(N(c6ccc7c(c6)C(C)(C)c6ccccc6-7)c6cccc7c6sc6ccccc67)cccc5c4cc4oc5ccccc5c34)cc21. The van der Waals surface area contributed by atoms with Gasteiger partial charge in [-0.15, -0.1) is 11.3 Å². The molecule has 0 amide bonds. The number of hydrogen-bond acceptors (Lipinski definition) is 4. The highest BCUT2D eigenvalue weighted by Gasteiger charge is 2.38. The van der Waals surface area contributed by atoms with Gasteiger partial charge in [-0.25, -0.2) is 0 Å². The lowest BCUT2D eigenvalue weighted by molar-refractivity contribution is 0.659. The van der Waals surface area contributed by atoms with Crippen molar-refractivity contribution < 1.29 is 8.83 Å². The Labute approximate surface area is 374 Å². The predicted octanol–water partition coefficient (Wildman–Crippen LogP) is 17.6. The molecule has 0 radical (unpaired) electrons. The van der Waals surface area contributed by atoms with Crippen molar-refractivity contribution >= 4 is 92.4 Å². The molecule has 0 fully saturated rings. The van der Waals surface area contributed by atoms with E-state index in [1.807, 2.05) is 11.3 Å². The van der Waals surface area contributed by atoms with Crippen molar-refractivity contribution in [2.75, 3.05) is 4.90 Å². The quantitative estimate of drug-likeness (QED) is 0.177. The second kappa shape index (κ2) is 12.6. The van der Waals surface area contributed by atoms with Gasteiger partial charge in [0, 0.05) is 59.1 Å². The summed E-state index contributed by atoms with van der Waals surface area (Å²) in [7, 11) is 0. The summed E-state index contributed by atoms with van der Waals surface area (Å²) < 4.78 is 16.8. The van der Waals surface area contributed by atoms with Gasteiger partial charge in [-0.05, 0) is 98.6 Å². The van der Waals surface area contributed by atoms with Crippen LogP contribution in [-0.4, -0.2) is 0 Å². The summed E-state index contributed by atoms with van der Waals surface area (Å²) in [6, 6.07) is 64.6. The van der Waals surface area contributed by atoms with E-state index in [1.54, 1.807) is 0 Å². The molecule has 4 heteroatoms. The van der Waals surface area contributed by atoms with Crippen LogP contribution < -0.4 is 4.90 Å². The van der Waals surface area contributed by atoms with E-state index >= 15 is 0 Å². The minimum Gasteiger partial charge on any atom is -0.456 e. The zero-order chi connectivity index (χ0) is 42.6. The Bertz CT molecular complexity index is 3990. The monoisotopic (exact) mass is 839 g/mol. The fraction of sp³-hybridized carbons (Fsp3) is 0.100. The number of para-hydroxylation sites is 2. The third-order valence-corrected chi connectivity index (χ3v) is 15.9. The third-order valence-electron chi connectivity index (χ3n) is 14.7. The van der Waals surface area contributed by atoms with Crippen LogP contribution in [0.5, 0.6) is 0 Å².